The van der Waals surface area contributed by atoms with E-state index in [2.05, 4.69) is 19.4 Å². The highest BCUT2D eigenvalue weighted by molar-refractivity contribution is 7.92. The predicted octanol–water partition coefficient (Wildman–Crippen LogP) is 1.72. The molecule has 9 heteroatoms. The molecule has 0 unspecified atom stereocenters. The van der Waals surface area contributed by atoms with Gasteiger partial charge in [0.2, 0.25) is 0 Å². The lowest BCUT2D eigenvalue weighted by molar-refractivity contribution is 0.0600. The molecule has 1 N–H and O–H groups in total. The number of anilines is 1. The summed E-state index contributed by atoms with van der Waals surface area (Å²) in [5.41, 5.74) is 0.127. The van der Waals surface area contributed by atoms with Gasteiger partial charge in [-0.1, -0.05) is 17.7 Å². The van der Waals surface area contributed by atoms with Crippen molar-refractivity contribution < 1.29 is 17.9 Å². The smallest absolute Gasteiger partial charge is 0.337 e. The first-order chi connectivity index (χ1) is 9.92. The topological polar surface area (TPSA) is 98.2 Å². The highest BCUT2D eigenvalue weighted by atomic mass is 35.5. The summed E-state index contributed by atoms with van der Waals surface area (Å²) in [5.74, 6) is -0.610. The molecule has 7 nitrogen and oxygen atoms in total. The Kier molecular flexibility index (Phi) is 4.39. The van der Waals surface area contributed by atoms with Crippen molar-refractivity contribution in [3.8, 4) is 0 Å². The summed E-state index contributed by atoms with van der Waals surface area (Å²) < 4.78 is 31.1. The number of rotatable bonds is 4. The van der Waals surface area contributed by atoms with Crippen LogP contribution in [-0.4, -0.2) is 31.5 Å². The molecule has 0 aliphatic rings. The van der Waals surface area contributed by atoms with Crippen molar-refractivity contribution in [2.45, 2.75) is 4.90 Å². The lowest BCUT2D eigenvalue weighted by Gasteiger charge is -2.08. The van der Waals surface area contributed by atoms with E-state index in [1.54, 1.807) is 0 Å². The van der Waals surface area contributed by atoms with Crippen LogP contribution >= 0.6 is 11.6 Å². The molecule has 1 aromatic heterocycles. The number of ether oxygens (including phenoxy) is 1. The van der Waals surface area contributed by atoms with Gasteiger partial charge in [-0.2, -0.15) is 0 Å². The minimum absolute atomic E-state index is 0.0165. The van der Waals surface area contributed by atoms with E-state index in [-0.39, 0.29) is 21.4 Å². The number of nitrogens with zero attached hydrogens (tertiary/aromatic N) is 2. The van der Waals surface area contributed by atoms with Gasteiger partial charge in [0.25, 0.3) is 10.0 Å². The number of methoxy groups -OCH3 is 1. The molecule has 2 rings (SSSR count). The number of halogens is 1. The zero-order valence-corrected chi connectivity index (χ0v) is 12.4. The SMILES string of the molecule is COC(=O)c1cccc(S(=O)(=O)Nc2cnc(Cl)cn2)c1. The normalized spacial score (nSPS) is 11.0. The molecule has 21 heavy (non-hydrogen) atoms. The molecule has 2 aromatic rings. The maximum Gasteiger partial charge on any atom is 0.337 e. The van der Waals surface area contributed by atoms with Crippen LogP contribution in [0.3, 0.4) is 0 Å². The summed E-state index contributed by atoms with van der Waals surface area (Å²) in [6, 6.07) is 5.44. The fourth-order valence-corrected chi connectivity index (χ4v) is 2.61. The standard InChI is InChI=1S/C12H10ClN3O4S/c1-20-12(17)8-3-2-4-9(5-8)21(18,19)16-11-7-14-10(13)6-15-11/h2-7H,1H3,(H,15,16). The Morgan fingerprint density at radius 3 is 2.67 bits per heavy atom. The van der Waals surface area contributed by atoms with Gasteiger partial charge in [0.1, 0.15) is 5.15 Å². The summed E-state index contributed by atoms with van der Waals surface area (Å²) in [6.45, 7) is 0. The van der Waals surface area contributed by atoms with Crippen LogP contribution in [0.1, 0.15) is 10.4 Å². The summed E-state index contributed by atoms with van der Waals surface area (Å²) in [7, 11) is -2.68. The van der Waals surface area contributed by atoms with E-state index in [0.29, 0.717) is 0 Å². The monoisotopic (exact) mass is 327 g/mol. The van der Waals surface area contributed by atoms with E-state index >= 15 is 0 Å². The van der Waals surface area contributed by atoms with Crippen LogP contribution in [0.5, 0.6) is 0 Å². The molecule has 0 aliphatic carbocycles. The van der Waals surface area contributed by atoms with Gasteiger partial charge in [-0.25, -0.2) is 23.2 Å². The molecule has 1 heterocycles. The number of sulfonamides is 1. The molecule has 0 atom stereocenters. The molecule has 0 aliphatic heterocycles. The van der Waals surface area contributed by atoms with E-state index in [0.717, 1.165) is 0 Å². The second kappa shape index (κ2) is 6.06. The first kappa shape index (κ1) is 15.2. The van der Waals surface area contributed by atoms with Gasteiger partial charge >= 0.3 is 5.97 Å². The highest BCUT2D eigenvalue weighted by Crippen LogP contribution is 2.16. The number of esters is 1. The maximum atomic E-state index is 12.2. The van der Waals surface area contributed by atoms with Crippen molar-refractivity contribution in [1.29, 1.82) is 0 Å². The van der Waals surface area contributed by atoms with Crippen LogP contribution < -0.4 is 4.72 Å². The Morgan fingerprint density at radius 2 is 2.05 bits per heavy atom. The number of nitrogens with one attached hydrogen (secondary N) is 1. The molecular weight excluding hydrogens is 318 g/mol. The molecule has 0 radical (unpaired) electrons. The summed E-state index contributed by atoms with van der Waals surface area (Å²) in [4.78, 5) is 18.8. The van der Waals surface area contributed by atoms with Gasteiger partial charge in [0, 0.05) is 0 Å². The molecule has 0 spiro atoms. The molecule has 0 saturated carbocycles. The molecule has 0 fully saturated rings. The Bertz CT molecular complexity index is 762. The van der Waals surface area contributed by atoms with Crippen molar-refractivity contribution >= 4 is 33.4 Å². The second-order valence-corrected chi connectivity index (χ2v) is 5.92. The molecule has 1 aromatic carbocycles. The van der Waals surface area contributed by atoms with E-state index in [4.69, 9.17) is 11.6 Å². The van der Waals surface area contributed by atoms with Crippen LogP contribution in [0.25, 0.3) is 0 Å². The Balaban J connectivity index is 2.31. The zero-order chi connectivity index (χ0) is 15.5. The summed E-state index contributed by atoms with van der Waals surface area (Å²) in [5, 5.41) is 0.144. The third-order valence-corrected chi connectivity index (χ3v) is 3.97. The van der Waals surface area contributed by atoms with Crippen LogP contribution in [0, 0.1) is 0 Å². The van der Waals surface area contributed by atoms with Crippen LogP contribution in [-0.2, 0) is 14.8 Å². The second-order valence-electron chi connectivity index (χ2n) is 3.85. The quantitative estimate of drug-likeness (QED) is 0.858. The average Bonchev–Trinajstić information content (AvgIpc) is 2.49. The van der Waals surface area contributed by atoms with Gasteiger partial charge in [0.15, 0.2) is 5.82 Å². The Labute approximate surface area is 126 Å². The van der Waals surface area contributed by atoms with Gasteiger partial charge in [-0.15, -0.1) is 0 Å². The van der Waals surface area contributed by atoms with E-state index in [9.17, 15) is 13.2 Å². The van der Waals surface area contributed by atoms with Crippen molar-refractivity contribution in [2.75, 3.05) is 11.8 Å². The molecule has 0 bridgehead atoms. The van der Waals surface area contributed by atoms with E-state index in [1.807, 2.05) is 0 Å². The summed E-state index contributed by atoms with van der Waals surface area (Å²) in [6.07, 6.45) is 2.40. The van der Waals surface area contributed by atoms with Crippen LogP contribution in [0.15, 0.2) is 41.6 Å². The van der Waals surface area contributed by atoms with Crippen molar-refractivity contribution in [3.63, 3.8) is 0 Å². The van der Waals surface area contributed by atoms with Gasteiger partial charge < -0.3 is 4.74 Å². The number of carbonyl (C=O) groups is 1. The van der Waals surface area contributed by atoms with Gasteiger partial charge in [0.05, 0.1) is 30.0 Å². The van der Waals surface area contributed by atoms with Crippen molar-refractivity contribution in [1.82, 2.24) is 9.97 Å². The Hall–Kier alpha value is -2.19. The minimum atomic E-state index is -3.89. The van der Waals surface area contributed by atoms with Gasteiger partial charge in [-0.05, 0) is 18.2 Å². The van der Waals surface area contributed by atoms with Crippen molar-refractivity contribution in [3.05, 3.63) is 47.4 Å². The van der Waals surface area contributed by atoms with Crippen LogP contribution in [0.4, 0.5) is 5.82 Å². The lowest BCUT2D eigenvalue weighted by atomic mass is 10.2. The summed E-state index contributed by atoms with van der Waals surface area (Å²) >= 11 is 5.57. The first-order valence-corrected chi connectivity index (χ1v) is 7.47. The number of hydrogen-bond donors (Lipinski definition) is 1. The van der Waals surface area contributed by atoms with E-state index < -0.39 is 16.0 Å². The van der Waals surface area contributed by atoms with Crippen LogP contribution in [0.2, 0.25) is 5.15 Å². The first-order valence-electron chi connectivity index (χ1n) is 5.61. The van der Waals surface area contributed by atoms with Crippen molar-refractivity contribution in [2.24, 2.45) is 0 Å². The molecule has 0 saturated heterocycles. The molecule has 0 amide bonds. The number of carbonyl (C=O) groups excluding carboxylic acids is 1. The minimum Gasteiger partial charge on any atom is -0.465 e. The number of hydrogen-bond acceptors (Lipinski definition) is 6. The largest absolute Gasteiger partial charge is 0.465 e. The van der Waals surface area contributed by atoms with Gasteiger partial charge in [-0.3, -0.25) is 4.72 Å². The highest BCUT2D eigenvalue weighted by Gasteiger charge is 2.17. The zero-order valence-electron chi connectivity index (χ0n) is 10.8. The Morgan fingerprint density at radius 1 is 1.29 bits per heavy atom. The molecular formula is C12H10ClN3O4S. The number of aromatic nitrogens is 2. The average molecular weight is 328 g/mol. The number of benzene rings is 1. The van der Waals surface area contributed by atoms with E-state index in [1.165, 1.54) is 43.8 Å². The maximum absolute atomic E-state index is 12.2. The molecule has 110 valence electrons. The third-order valence-electron chi connectivity index (χ3n) is 2.42. The fraction of sp³-hybridized carbons (Fsp3) is 0.0833. The lowest BCUT2D eigenvalue weighted by Crippen LogP contribution is -2.15. The third kappa shape index (κ3) is 3.67. The fourth-order valence-electron chi connectivity index (χ4n) is 1.47. The predicted molar refractivity (Wildman–Crippen MR) is 75.6 cm³/mol.